The van der Waals surface area contributed by atoms with Crippen LogP contribution in [0.3, 0.4) is 0 Å². The predicted octanol–water partition coefficient (Wildman–Crippen LogP) is 2.44. The van der Waals surface area contributed by atoms with Crippen molar-refractivity contribution in [2.75, 3.05) is 0 Å². The summed E-state index contributed by atoms with van der Waals surface area (Å²) in [6.45, 7) is 4.00. The summed E-state index contributed by atoms with van der Waals surface area (Å²) >= 11 is 0. The van der Waals surface area contributed by atoms with Gasteiger partial charge in [-0.1, -0.05) is 23.7 Å². The molecule has 0 aliphatic carbocycles. The Morgan fingerprint density at radius 2 is 1.83 bits per heavy atom. The molecule has 0 aliphatic rings. The van der Waals surface area contributed by atoms with Gasteiger partial charge >= 0.3 is 8.32 Å². The molecule has 0 saturated heterocycles. The highest BCUT2D eigenvalue weighted by Gasteiger charge is 2.20. The van der Waals surface area contributed by atoms with E-state index in [1.807, 2.05) is 43.4 Å². The van der Waals surface area contributed by atoms with E-state index in [1.165, 1.54) is 0 Å². The van der Waals surface area contributed by atoms with Gasteiger partial charge in [-0.15, -0.1) is 6.42 Å². The predicted molar refractivity (Wildman–Crippen MR) is 53.4 cm³/mol. The Labute approximate surface area is 74.5 Å². The minimum atomic E-state index is -1.89. The normalized spacial score (nSPS) is 10.4. The van der Waals surface area contributed by atoms with Gasteiger partial charge in [0.1, 0.15) is 5.75 Å². The fourth-order valence-electron chi connectivity index (χ4n) is 0.813. The molecule has 0 amide bonds. The van der Waals surface area contributed by atoms with Crippen LogP contribution in [0.1, 0.15) is 0 Å². The Morgan fingerprint density at radius 3 is 2.33 bits per heavy atom. The second-order valence-corrected chi connectivity index (χ2v) is 6.58. The first-order valence-corrected chi connectivity index (χ1v) is 6.77. The lowest BCUT2D eigenvalue weighted by atomic mass is 10.3. The van der Waals surface area contributed by atoms with Crippen LogP contribution in [0.4, 0.5) is 0 Å². The van der Waals surface area contributed by atoms with E-state index >= 15 is 0 Å². The van der Waals surface area contributed by atoms with Gasteiger partial charge in [0.05, 0.1) is 0 Å². The maximum atomic E-state index is 5.65. The quantitative estimate of drug-likeness (QED) is 0.497. The van der Waals surface area contributed by atoms with Crippen molar-refractivity contribution in [3.63, 3.8) is 0 Å². The zero-order valence-electron chi connectivity index (χ0n) is 7.37. The van der Waals surface area contributed by atoms with E-state index in [2.05, 4.69) is 5.54 Å². The highest BCUT2D eigenvalue weighted by atomic mass is 28.4. The number of benzene rings is 1. The Bertz CT molecular complexity index is 284. The molecule has 0 aliphatic heterocycles. The first-order valence-electron chi connectivity index (χ1n) is 3.86. The average molecular weight is 176 g/mol. The molecule has 2 heteroatoms. The Morgan fingerprint density at radius 1 is 1.25 bits per heavy atom. The third kappa shape index (κ3) is 2.44. The molecular formula is C10H12OSi. The molecule has 1 aromatic carbocycles. The largest absolute Gasteiger partial charge is 0.532 e. The van der Waals surface area contributed by atoms with Gasteiger partial charge in [-0.2, -0.15) is 0 Å². The van der Waals surface area contributed by atoms with Crippen molar-refractivity contribution in [2.45, 2.75) is 13.1 Å². The monoisotopic (exact) mass is 176 g/mol. The van der Waals surface area contributed by atoms with Crippen LogP contribution in [0.5, 0.6) is 5.75 Å². The molecule has 0 heterocycles. The fraction of sp³-hybridized carbons (Fsp3) is 0.200. The van der Waals surface area contributed by atoms with Crippen molar-refractivity contribution in [2.24, 2.45) is 0 Å². The van der Waals surface area contributed by atoms with Gasteiger partial charge in [-0.3, -0.25) is 0 Å². The number of hydrogen-bond acceptors (Lipinski definition) is 1. The molecule has 0 N–H and O–H groups in total. The Kier molecular flexibility index (Phi) is 2.57. The summed E-state index contributed by atoms with van der Waals surface area (Å²) in [5.41, 5.74) is 2.71. The maximum Gasteiger partial charge on any atom is 0.323 e. The maximum absolute atomic E-state index is 5.65. The average Bonchev–Trinajstić information content (AvgIpc) is 2.06. The van der Waals surface area contributed by atoms with Crippen molar-refractivity contribution in [3.05, 3.63) is 30.3 Å². The lowest BCUT2D eigenvalue weighted by molar-refractivity contribution is 0.566. The van der Waals surface area contributed by atoms with Crippen LogP contribution in [0.25, 0.3) is 0 Å². The summed E-state index contributed by atoms with van der Waals surface area (Å²) < 4.78 is 5.65. The number of rotatable bonds is 2. The van der Waals surface area contributed by atoms with Crippen LogP contribution in [0.2, 0.25) is 13.1 Å². The molecule has 1 nitrogen and oxygen atoms in total. The van der Waals surface area contributed by atoms with Gasteiger partial charge in [-0.25, -0.2) is 0 Å². The summed E-state index contributed by atoms with van der Waals surface area (Å²) in [5.74, 6) is 0.868. The van der Waals surface area contributed by atoms with E-state index in [1.54, 1.807) is 0 Å². The number of terminal acetylenes is 1. The molecule has 1 aromatic rings. The molecule has 0 radical (unpaired) electrons. The lowest BCUT2D eigenvalue weighted by Crippen LogP contribution is -2.32. The second kappa shape index (κ2) is 3.46. The van der Waals surface area contributed by atoms with Gasteiger partial charge in [0.15, 0.2) is 0 Å². The molecule has 62 valence electrons. The van der Waals surface area contributed by atoms with Gasteiger partial charge in [0.25, 0.3) is 0 Å². The second-order valence-electron chi connectivity index (χ2n) is 3.07. The van der Waals surface area contributed by atoms with E-state index < -0.39 is 8.32 Å². The first kappa shape index (κ1) is 8.89. The summed E-state index contributed by atoms with van der Waals surface area (Å²) in [6, 6.07) is 9.68. The molecule has 1 rings (SSSR count). The summed E-state index contributed by atoms with van der Waals surface area (Å²) in [7, 11) is -1.89. The van der Waals surface area contributed by atoms with Crippen molar-refractivity contribution in [3.8, 4) is 17.7 Å². The Hall–Kier alpha value is -1.20. The SMILES string of the molecule is C#C[Si](C)(C)Oc1ccccc1. The zero-order chi connectivity index (χ0) is 9.03. The van der Waals surface area contributed by atoms with Crippen LogP contribution >= 0.6 is 0 Å². The van der Waals surface area contributed by atoms with Crippen LogP contribution < -0.4 is 4.43 Å². The molecule has 0 atom stereocenters. The van der Waals surface area contributed by atoms with E-state index in [0.29, 0.717) is 0 Å². The van der Waals surface area contributed by atoms with Gasteiger partial charge in [0, 0.05) is 0 Å². The molecule has 0 bridgehead atoms. The van der Waals surface area contributed by atoms with E-state index in [4.69, 9.17) is 10.8 Å². The molecule has 0 saturated carbocycles. The minimum absolute atomic E-state index is 0.868. The first-order chi connectivity index (χ1) is 5.64. The summed E-state index contributed by atoms with van der Waals surface area (Å²) in [4.78, 5) is 0. The van der Waals surface area contributed by atoms with E-state index in [9.17, 15) is 0 Å². The van der Waals surface area contributed by atoms with Crippen LogP contribution in [-0.2, 0) is 0 Å². The van der Waals surface area contributed by atoms with Crippen LogP contribution in [-0.4, -0.2) is 8.32 Å². The smallest absolute Gasteiger partial charge is 0.323 e. The zero-order valence-corrected chi connectivity index (χ0v) is 8.37. The van der Waals surface area contributed by atoms with Gasteiger partial charge in [-0.05, 0) is 25.2 Å². The van der Waals surface area contributed by atoms with E-state index in [0.717, 1.165) is 5.75 Å². The molecule has 0 fully saturated rings. The summed E-state index contributed by atoms with van der Waals surface area (Å²) in [5, 5.41) is 0. The number of hydrogen-bond donors (Lipinski definition) is 0. The molecular weight excluding hydrogens is 164 g/mol. The van der Waals surface area contributed by atoms with Crippen LogP contribution in [0.15, 0.2) is 30.3 Å². The van der Waals surface area contributed by atoms with E-state index in [-0.39, 0.29) is 0 Å². The van der Waals surface area contributed by atoms with Crippen molar-refractivity contribution < 1.29 is 4.43 Å². The molecule has 0 aromatic heterocycles. The standard InChI is InChI=1S/C10H12OSi/c1-4-12(2,3)11-10-8-6-5-7-9-10/h1,5-9H,2-3H3. The topological polar surface area (TPSA) is 9.23 Å². The lowest BCUT2D eigenvalue weighted by Gasteiger charge is -2.17. The van der Waals surface area contributed by atoms with Gasteiger partial charge in [0.2, 0.25) is 0 Å². The van der Waals surface area contributed by atoms with Crippen LogP contribution in [0, 0.1) is 12.0 Å². The number of para-hydroxylation sites is 1. The van der Waals surface area contributed by atoms with Crippen molar-refractivity contribution in [1.82, 2.24) is 0 Å². The highest BCUT2D eigenvalue weighted by molar-refractivity contribution is 6.79. The molecule has 12 heavy (non-hydrogen) atoms. The van der Waals surface area contributed by atoms with Crippen molar-refractivity contribution in [1.29, 1.82) is 0 Å². The Balaban J connectivity index is 2.72. The van der Waals surface area contributed by atoms with Gasteiger partial charge < -0.3 is 4.43 Å². The third-order valence-corrected chi connectivity index (χ3v) is 2.91. The third-order valence-electron chi connectivity index (χ3n) is 1.46. The minimum Gasteiger partial charge on any atom is -0.532 e. The molecule has 0 spiro atoms. The molecule has 0 unspecified atom stereocenters. The fourth-order valence-corrected chi connectivity index (χ4v) is 1.60. The van der Waals surface area contributed by atoms with Crippen molar-refractivity contribution >= 4 is 8.32 Å². The highest BCUT2D eigenvalue weighted by Crippen LogP contribution is 2.13. The summed E-state index contributed by atoms with van der Waals surface area (Å²) in [6.07, 6.45) is 5.34.